The number of hydrogen-bond donors (Lipinski definition) is 2. The van der Waals surface area contributed by atoms with Gasteiger partial charge in [0.15, 0.2) is 0 Å². The van der Waals surface area contributed by atoms with Crippen LogP contribution in [0.15, 0.2) is 60.7 Å². The average Bonchev–Trinajstić information content (AvgIpc) is 3.23. The van der Waals surface area contributed by atoms with Crippen LogP contribution in [0, 0.1) is 11.7 Å². The van der Waals surface area contributed by atoms with E-state index >= 15 is 0 Å². The molecule has 0 bridgehead atoms. The standard InChI is InChI=1S/C26H22FNO5S/c1-14-19(10-15-3-2-4-16(9-15)26(30)31)25(29)20-12-18(6-7-22(20)33-14)32-13-24-28-21-11-17(27)5-8-23(21)34-24/h2-9,11-12,14,19,25,29H,10,13H2,1H3,(H,30,31)/t14-,19-,25+/m1/s1. The summed E-state index contributed by atoms with van der Waals surface area (Å²) in [6, 6.07) is 16.6. The summed E-state index contributed by atoms with van der Waals surface area (Å²) in [4.78, 5) is 15.7. The summed E-state index contributed by atoms with van der Waals surface area (Å²) in [6.45, 7) is 2.12. The summed E-state index contributed by atoms with van der Waals surface area (Å²) in [5.74, 6) is -0.412. The number of nitrogens with zero attached hydrogens (tertiary/aromatic N) is 1. The lowest BCUT2D eigenvalue weighted by atomic mass is 9.83. The van der Waals surface area contributed by atoms with Gasteiger partial charge in [-0.25, -0.2) is 14.2 Å². The second-order valence-corrected chi connectivity index (χ2v) is 9.46. The molecule has 174 valence electrons. The van der Waals surface area contributed by atoms with Crippen LogP contribution in [0.5, 0.6) is 11.5 Å². The molecule has 4 aromatic rings. The van der Waals surface area contributed by atoms with Crippen molar-refractivity contribution >= 4 is 27.5 Å². The van der Waals surface area contributed by atoms with E-state index < -0.39 is 12.1 Å². The molecule has 0 saturated heterocycles. The number of rotatable bonds is 6. The Hall–Kier alpha value is -3.49. The Morgan fingerprint density at radius 2 is 2.03 bits per heavy atom. The highest BCUT2D eigenvalue weighted by molar-refractivity contribution is 7.18. The molecule has 3 atom stereocenters. The first-order valence-electron chi connectivity index (χ1n) is 10.9. The quantitative estimate of drug-likeness (QED) is 0.386. The molecule has 0 unspecified atom stereocenters. The lowest BCUT2D eigenvalue weighted by Gasteiger charge is -2.36. The number of hydrogen-bond acceptors (Lipinski definition) is 6. The van der Waals surface area contributed by atoms with Crippen LogP contribution in [0.4, 0.5) is 4.39 Å². The molecule has 1 aliphatic heterocycles. The molecule has 1 aliphatic rings. The predicted molar refractivity (Wildman–Crippen MR) is 126 cm³/mol. The van der Waals surface area contributed by atoms with Gasteiger partial charge in [0.2, 0.25) is 0 Å². The molecular weight excluding hydrogens is 457 g/mol. The van der Waals surface area contributed by atoms with E-state index in [2.05, 4.69) is 4.98 Å². The van der Waals surface area contributed by atoms with Gasteiger partial charge in [0.1, 0.15) is 35.0 Å². The third-order valence-corrected chi connectivity index (χ3v) is 7.03. The minimum atomic E-state index is -0.985. The number of carbonyl (C=O) groups is 1. The number of carboxylic acids is 1. The maximum Gasteiger partial charge on any atom is 0.335 e. The number of halogens is 1. The summed E-state index contributed by atoms with van der Waals surface area (Å²) in [6.07, 6.45) is -0.594. The zero-order valence-corrected chi connectivity index (χ0v) is 19.1. The molecule has 1 aromatic heterocycles. The van der Waals surface area contributed by atoms with Crippen LogP contribution in [0.2, 0.25) is 0 Å². The van der Waals surface area contributed by atoms with Gasteiger partial charge in [-0.1, -0.05) is 12.1 Å². The van der Waals surface area contributed by atoms with E-state index in [1.54, 1.807) is 42.5 Å². The smallest absolute Gasteiger partial charge is 0.335 e. The summed E-state index contributed by atoms with van der Waals surface area (Å²) in [7, 11) is 0. The molecule has 2 heterocycles. The van der Waals surface area contributed by atoms with Crippen LogP contribution < -0.4 is 9.47 Å². The maximum absolute atomic E-state index is 13.4. The Kier molecular flexibility index (Phi) is 5.93. The number of thiazole rings is 1. The number of benzene rings is 3. The first kappa shape index (κ1) is 22.3. The molecule has 2 N–H and O–H groups in total. The number of aromatic nitrogens is 1. The molecule has 6 nitrogen and oxygen atoms in total. The average molecular weight is 480 g/mol. The third kappa shape index (κ3) is 4.47. The van der Waals surface area contributed by atoms with E-state index in [1.165, 1.54) is 23.5 Å². The van der Waals surface area contributed by atoms with Crippen molar-refractivity contribution in [3.8, 4) is 11.5 Å². The zero-order valence-electron chi connectivity index (χ0n) is 18.3. The Balaban J connectivity index is 1.33. The number of aliphatic hydroxyl groups is 1. The van der Waals surface area contributed by atoms with Crippen molar-refractivity contribution in [2.75, 3.05) is 0 Å². The number of aliphatic hydroxyl groups excluding tert-OH is 1. The van der Waals surface area contributed by atoms with Crippen molar-refractivity contribution < 1.29 is 28.9 Å². The van der Waals surface area contributed by atoms with Crippen molar-refractivity contribution in [3.05, 3.63) is 88.2 Å². The molecule has 0 amide bonds. The molecule has 3 aromatic carbocycles. The van der Waals surface area contributed by atoms with E-state index in [0.717, 1.165) is 15.3 Å². The van der Waals surface area contributed by atoms with Gasteiger partial charge >= 0.3 is 5.97 Å². The van der Waals surface area contributed by atoms with Gasteiger partial charge in [-0.05, 0) is 61.4 Å². The second kappa shape index (κ2) is 9.04. The van der Waals surface area contributed by atoms with E-state index in [1.807, 2.05) is 13.0 Å². The van der Waals surface area contributed by atoms with Crippen molar-refractivity contribution in [2.45, 2.75) is 32.2 Å². The second-order valence-electron chi connectivity index (χ2n) is 8.35. The molecule has 34 heavy (non-hydrogen) atoms. The number of carboxylic acid groups (broad SMARTS) is 1. The number of ether oxygens (including phenoxy) is 2. The normalized spacial score (nSPS) is 19.4. The molecule has 0 spiro atoms. The van der Waals surface area contributed by atoms with Crippen molar-refractivity contribution in [2.24, 2.45) is 5.92 Å². The minimum Gasteiger partial charge on any atom is -0.490 e. The minimum absolute atomic E-state index is 0.213. The number of fused-ring (bicyclic) bond motifs is 2. The Morgan fingerprint density at radius 3 is 2.85 bits per heavy atom. The Morgan fingerprint density at radius 1 is 1.18 bits per heavy atom. The fourth-order valence-corrected chi connectivity index (χ4v) is 5.13. The maximum atomic E-state index is 13.4. The van der Waals surface area contributed by atoms with Crippen LogP contribution in [0.1, 0.15) is 39.5 Å². The molecule has 5 rings (SSSR count). The van der Waals surface area contributed by atoms with Gasteiger partial charge < -0.3 is 19.7 Å². The van der Waals surface area contributed by atoms with Gasteiger partial charge in [-0.3, -0.25) is 0 Å². The predicted octanol–water partition coefficient (Wildman–Crippen LogP) is 5.39. The third-order valence-electron chi connectivity index (χ3n) is 6.02. The van der Waals surface area contributed by atoms with Gasteiger partial charge in [-0.15, -0.1) is 11.3 Å². The van der Waals surface area contributed by atoms with Gasteiger partial charge in [0.25, 0.3) is 0 Å². The zero-order chi connectivity index (χ0) is 23.8. The SMILES string of the molecule is C[C@H]1Oc2ccc(OCc3nc4cc(F)ccc4s3)cc2[C@@H](O)[C@@H]1Cc1cccc(C(=O)O)c1. The first-order chi connectivity index (χ1) is 16.4. The lowest BCUT2D eigenvalue weighted by molar-refractivity contribution is 0.00778. The van der Waals surface area contributed by atoms with E-state index in [0.29, 0.717) is 29.0 Å². The number of aromatic carboxylic acids is 1. The monoisotopic (exact) mass is 479 g/mol. The van der Waals surface area contributed by atoms with Crippen LogP contribution in [0.25, 0.3) is 10.2 Å². The van der Waals surface area contributed by atoms with Crippen molar-refractivity contribution in [1.82, 2.24) is 4.98 Å². The highest BCUT2D eigenvalue weighted by Crippen LogP contribution is 2.42. The van der Waals surface area contributed by atoms with Gasteiger partial charge in [0.05, 0.1) is 21.9 Å². The van der Waals surface area contributed by atoms with Crippen LogP contribution in [0.3, 0.4) is 0 Å². The fourth-order valence-electron chi connectivity index (χ4n) is 4.27. The summed E-state index contributed by atoms with van der Waals surface area (Å²) in [5, 5.41) is 21.1. The highest BCUT2D eigenvalue weighted by atomic mass is 32.1. The molecule has 0 fully saturated rings. The lowest BCUT2D eigenvalue weighted by Crippen LogP contribution is -2.35. The van der Waals surface area contributed by atoms with E-state index in [-0.39, 0.29) is 30.0 Å². The molecular formula is C26H22FNO5S. The summed E-state index contributed by atoms with van der Waals surface area (Å²) in [5.41, 5.74) is 2.26. The van der Waals surface area contributed by atoms with Crippen molar-refractivity contribution in [3.63, 3.8) is 0 Å². The van der Waals surface area contributed by atoms with E-state index in [4.69, 9.17) is 9.47 Å². The molecule has 0 saturated carbocycles. The molecule has 0 aliphatic carbocycles. The van der Waals surface area contributed by atoms with Crippen molar-refractivity contribution in [1.29, 1.82) is 0 Å². The van der Waals surface area contributed by atoms with Crippen LogP contribution in [-0.2, 0) is 13.0 Å². The van der Waals surface area contributed by atoms with Crippen LogP contribution >= 0.6 is 11.3 Å². The topological polar surface area (TPSA) is 88.9 Å². The fraction of sp³-hybridized carbons (Fsp3) is 0.231. The first-order valence-corrected chi connectivity index (χ1v) is 11.7. The highest BCUT2D eigenvalue weighted by Gasteiger charge is 2.35. The largest absolute Gasteiger partial charge is 0.490 e. The molecule has 8 heteroatoms. The van der Waals surface area contributed by atoms with Gasteiger partial charge in [-0.2, -0.15) is 0 Å². The Bertz CT molecular complexity index is 1370. The van der Waals surface area contributed by atoms with Gasteiger partial charge in [0, 0.05) is 17.5 Å². The molecule has 0 radical (unpaired) electrons. The van der Waals surface area contributed by atoms with Crippen LogP contribution in [-0.4, -0.2) is 27.3 Å². The summed E-state index contributed by atoms with van der Waals surface area (Å²) >= 11 is 1.44. The van der Waals surface area contributed by atoms with E-state index in [9.17, 15) is 19.4 Å². The summed E-state index contributed by atoms with van der Waals surface area (Å²) < 4.78 is 26.3. The Labute approximate surface area is 199 Å².